The predicted molar refractivity (Wildman–Crippen MR) is 92.8 cm³/mol. The summed E-state index contributed by atoms with van der Waals surface area (Å²) < 4.78 is 0. The molecule has 0 bridgehead atoms. The lowest BCUT2D eigenvalue weighted by atomic mass is 10.1. The van der Waals surface area contributed by atoms with E-state index in [9.17, 15) is 9.59 Å². The van der Waals surface area contributed by atoms with E-state index in [0.29, 0.717) is 17.1 Å². The van der Waals surface area contributed by atoms with Crippen molar-refractivity contribution in [2.24, 2.45) is 5.10 Å². The van der Waals surface area contributed by atoms with Gasteiger partial charge < -0.3 is 5.11 Å². The third-order valence-corrected chi connectivity index (χ3v) is 3.29. The maximum absolute atomic E-state index is 12.3. The van der Waals surface area contributed by atoms with Gasteiger partial charge in [-0.05, 0) is 36.4 Å². The topological polar surface area (TPSA) is 117 Å². The zero-order chi connectivity index (χ0) is 18.4. The third-order valence-electron chi connectivity index (χ3n) is 3.29. The Kier molecular flexibility index (Phi) is 5.04. The van der Waals surface area contributed by atoms with Gasteiger partial charge in [-0.1, -0.05) is 18.2 Å². The van der Waals surface area contributed by atoms with E-state index in [0.717, 1.165) is 0 Å². The van der Waals surface area contributed by atoms with Gasteiger partial charge in [0.1, 0.15) is 17.1 Å². The molecule has 0 aliphatic heterocycles. The number of aromatic carboxylic acids is 1. The molecule has 0 saturated carbocycles. The number of carbonyl (C=O) groups excluding carboxylic acids is 1. The molecule has 0 aliphatic carbocycles. The first-order valence-electron chi connectivity index (χ1n) is 7.56. The summed E-state index contributed by atoms with van der Waals surface area (Å²) in [5.41, 5.74) is 3.51. The summed E-state index contributed by atoms with van der Waals surface area (Å²) in [6, 6.07) is 14.7. The van der Waals surface area contributed by atoms with Crippen LogP contribution in [0.1, 0.15) is 32.4 Å². The van der Waals surface area contributed by atoms with Gasteiger partial charge in [0.2, 0.25) is 0 Å². The molecular formula is C18H13N5O3. The lowest BCUT2D eigenvalue weighted by Gasteiger charge is -2.06. The largest absolute Gasteiger partial charge is 0.477 e. The van der Waals surface area contributed by atoms with Crippen LogP contribution in [-0.4, -0.2) is 37.6 Å². The van der Waals surface area contributed by atoms with E-state index < -0.39 is 11.9 Å². The molecule has 26 heavy (non-hydrogen) atoms. The minimum Gasteiger partial charge on any atom is -0.477 e. The van der Waals surface area contributed by atoms with Crippen molar-refractivity contribution >= 4 is 17.6 Å². The van der Waals surface area contributed by atoms with Crippen LogP contribution < -0.4 is 5.43 Å². The van der Waals surface area contributed by atoms with Crippen molar-refractivity contribution in [3.8, 4) is 0 Å². The molecule has 0 aromatic carbocycles. The quantitative estimate of drug-likeness (QED) is 0.536. The average Bonchev–Trinajstić information content (AvgIpc) is 2.69. The second kappa shape index (κ2) is 7.75. The molecule has 1 amide bonds. The van der Waals surface area contributed by atoms with Gasteiger partial charge in [-0.3, -0.25) is 14.8 Å². The molecule has 3 heterocycles. The Balaban J connectivity index is 1.91. The Bertz CT molecular complexity index is 917. The number of nitrogens with one attached hydrogen (secondary N) is 1. The highest BCUT2D eigenvalue weighted by Crippen LogP contribution is 2.06. The van der Waals surface area contributed by atoms with Crippen molar-refractivity contribution < 1.29 is 14.7 Å². The summed E-state index contributed by atoms with van der Waals surface area (Å²) in [7, 11) is 0. The number of pyridine rings is 3. The normalized spacial score (nSPS) is 10.0. The number of hydrazone groups is 1. The van der Waals surface area contributed by atoms with Crippen molar-refractivity contribution in [2.75, 3.05) is 0 Å². The highest BCUT2D eigenvalue weighted by atomic mass is 16.4. The SMILES string of the molecule is O=C(O)c1cccc(C(=O)NN=C(c2ccccn2)c2ccccn2)n1. The molecule has 2 N–H and O–H groups in total. The zero-order valence-electron chi connectivity index (χ0n) is 13.4. The number of amides is 1. The standard InChI is InChI=1S/C18H13N5O3/c24-17(14-8-5-9-15(21-14)18(25)26)23-22-16(12-6-1-3-10-19-12)13-7-2-4-11-20-13/h1-11H,(H,23,24)(H,25,26). The Morgan fingerprint density at radius 2 is 1.38 bits per heavy atom. The summed E-state index contributed by atoms with van der Waals surface area (Å²) >= 11 is 0. The summed E-state index contributed by atoms with van der Waals surface area (Å²) in [6.07, 6.45) is 3.21. The maximum atomic E-state index is 12.3. The molecule has 3 aromatic rings. The highest BCUT2D eigenvalue weighted by Gasteiger charge is 2.13. The van der Waals surface area contributed by atoms with Crippen LogP contribution in [0.5, 0.6) is 0 Å². The zero-order valence-corrected chi connectivity index (χ0v) is 13.4. The third kappa shape index (κ3) is 3.93. The molecule has 0 spiro atoms. The fraction of sp³-hybridized carbons (Fsp3) is 0. The Labute approximate surface area is 148 Å². The molecule has 8 heteroatoms. The van der Waals surface area contributed by atoms with Crippen LogP contribution in [0.25, 0.3) is 0 Å². The lowest BCUT2D eigenvalue weighted by molar-refractivity contribution is 0.0690. The molecule has 0 atom stereocenters. The van der Waals surface area contributed by atoms with Gasteiger partial charge in [0.05, 0.1) is 11.4 Å². The molecule has 0 aliphatic rings. The Morgan fingerprint density at radius 1 is 0.808 bits per heavy atom. The number of hydrogen-bond acceptors (Lipinski definition) is 6. The molecule has 0 fully saturated rings. The second-order valence-electron chi connectivity index (χ2n) is 5.04. The molecule has 3 rings (SSSR count). The number of hydrogen-bond donors (Lipinski definition) is 2. The maximum Gasteiger partial charge on any atom is 0.354 e. The van der Waals surface area contributed by atoms with Gasteiger partial charge in [0.25, 0.3) is 5.91 Å². The fourth-order valence-electron chi connectivity index (χ4n) is 2.10. The van der Waals surface area contributed by atoms with Gasteiger partial charge >= 0.3 is 5.97 Å². The van der Waals surface area contributed by atoms with E-state index in [1.165, 1.54) is 18.2 Å². The first kappa shape index (κ1) is 16.9. The monoisotopic (exact) mass is 347 g/mol. The number of nitrogens with zero attached hydrogens (tertiary/aromatic N) is 4. The molecule has 0 radical (unpaired) electrons. The van der Waals surface area contributed by atoms with Crippen molar-refractivity contribution in [3.63, 3.8) is 0 Å². The van der Waals surface area contributed by atoms with Crippen molar-refractivity contribution in [1.82, 2.24) is 20.4 Å². The Morgan fingerprint density at radius 3 is 1.92 bits per heavy atom. The van der Waals surface area contributed by atoms with Crippen LogP contribution in [0.15, 0.2) is 72.1 Å². The van der Waals surface area contributed by atoms with Crippen molar-refractivity contribution in [3.05, 3.63) is 89.8 Å². The molecule has 0 unspecified atom stereocenters. The van der Waals surface area contributed by atoms with E-state index >= 15 is 0 Å². The number of carbonyl (C=O) groups is 2. The van der Waals surface area contributed by atoms with Gasteiger partial charge in [-0.2, -0.15) is 5.10 Å². The molecule has 3 aromatic heterocycles. The van der Waals surface area contributed by atoms with E-state index in [4.69, 9.17) is 5.11 Å². The van der Waals surface area contributed by atoms with E-state index in [1.807, 2.05) is 0 Å². The van der Waals surface area contributed by atoms with Gasteiger partial charge in [-0.15, -0.1) is 0 Å². The van der Waals surface area contributed by atoms with Gasteiger partial charge in [-0.25, -0.2) is 15.2 Å². The Hall–Kier alpha value is -3.94. The lowest BCUT2D eigenvalue weighted by Crippen LogP contribution is -2.23. The molecule has 0 saturated heterocycles. The summed E-state index contributed by atoms with van der Waals surface area (Å²) in [4.78, 5) is 35.5. The minimum atomic E-state index is -1.22. The molecule has 8 nitrogen and oxygen atoms in total. The molecule has 128 valence electrons. The van der Waals surface area contributed by atoms with Crippen molar-refractivity contribution in [2.45, 2.75) is 0 Å². The van der Waals surface area contributed by atoms with Crippen LogP contribution in [0.2, 0.25) is 0 Å². The van der Waals surface area contributed by atoms with E-state index in [1.54, 1.807) is 48.8 Å². The average molecular weight is 347 g/mol. The minimum absolute atomic E-state index is 0.0601. The fourth-order valence-corrected chi connectivity index (χ4v) is 2.10. The van der Waals surface area contributed by atoms with E-state index in [-0.39, 0.29) is 11.4 Å². The van der Waals surface area contributed by atoms with Gasteiger partial charge in [0.15, 0.2) is 0 Å². The van der Waals surface area contributed by atoms with Crippen LogP contribution >= 0.6 is 0 Å². The van der Waals surface area contributed by atoms with Gasteiger partial charge in [0, 0.05) is 12.4 Å². The summed E-state index contributed by atoms with van der Waals surface area (Å²) in [5, 5.41) is 13.1. The molecular weight excluding hydrogens is 334 g/mol. The van der Waals surface area contributed by atoms with Crippen LogP contribution in [-0.2, 0) is 0 Å². The smallest absolute Gasteiger partial charge is 0.354 e. The number of rotatable bonds is 5. The number of aromatic nitrogens is 3. The predicted octanol–water partition coefficient (Wildman–Crippen LogP) is 1.75. The number of carboxylic acid groups (broad SMARTS) is 1. The second-order valence-corrected chi connectivity index (χ2v) is 5.04. The van der Waals surface area contributed by atoms with Crippen LogP contribution in [0, 0.1) is 0 Å². The van der Waals surface area contributed by atoms with E-state index in [2.05, 4.69) is 25.5 Å². The summed E-state index contributed by atoms with van der Waals surface area (Å²) in [6.45, 7) is 0. The van der Waals surface area contributed by atoms with Crippen LogP contribution in [0.4, 0.5) is 0 Å². The first-order chi connectivity index (χ1) is 12.6. The summed E-state index contributed by atoms with van der Waals surface area (Å²) in [5.74, 6) is -1.86. The first-order valence-corrected chi connectivity index (χ1v) is 7.56. The highest BCUT2D eigenvalue weighted by molar-refractivity contribution is 6.11. The number of carboxylic acids is 1. The van der Waals surface area contributed by atoms with Crippen molar-refractivity contribution in [1.29, 1.82) is 0 Å². The van der Waals surface area contributed by atoms with Crippen LogP contribution in [0.3, 0.4) is 0 Å².